The summed E-state index contributed by atoms with van der Waals surface area (Å²) in [5.41, 5.74) is -0.228. The number of halogens is 1. The van der Waals surface area contributed by atoms with Gasteiger partial charge in [0, 0.05) is 12.8 Å². The van der Waals surface area contributed by atoms with Crippen LogP contribution in [0.1, 0.15) is 47.4 Å². The molecule has 128 valence electrons. The van der Waals surface area contributed by atoms with Gasteiger partial charge in [-0.05, 0) is 61.5 Å². The van der Waals surface area contributed by atoms with Gasteiger partial charge in [0.1, 0.15) is 16.1 Å². The van der Waals surface area contributed by atoms with Crippen LogP contribution in [0.4, 0.5) is 0 Å². The molecule has 0 saturated carbocycles. The molecule has 0 bridgehead atoms. The summed E-state index contributed by atoms with van der Waals surface area (Å²) in [6.45, 7) is 19.8. The van der Waals surface area contributed by atoms with Crippen LogP contribution in [-0.4, -0.2) is 30.1 Å². The van der Waals surface area contributed by atoms with E-state index in [0.717, 1.165) is 16.1 Å². The molecular weight excluding hydrogens is 407 g/mol. The summed E-state index contributed by atoms with van der Waals surface area (Å²) in [5, 5.41) is 0.210. The van der Waals surface area contributed by atoms with E-state index in [4.69, 9.17) is 9.16 Å². The minimum absolute atomic E-state index is 0.210. The Hall–Kier alpha value is 0.0769. The molecule has 0 amide bonds. The van der Waals surface area contributed by atoms with Gasteiger partial charge >= 0.3 is 0 Å². The lowest BCUT2D eigenvalue weighted by Gasteiger charge is -2.43. The molecule has 0 aliphatic rings. The van der Waals surface area contributed by atoms with Gasteiger partial charge in [0.05, 0.1) is 12.1 Å². The second-order valence-electron chi connectivity index (χ2n) is 7.87. The Bertz CT molecular complexity index is 493. The molecule has 0 spiro atoms. The number of nitrogens with zero attached hydrogens (tertiary/aromatic N) is 2. The average molecular weight is 438 g/mol. The predicted molar refractivity (Wildman–Crippen MR) is 103 cm³/mol. The molecule has 0 radical (unpaired) electrons. The highest BCUT2D eigenvalue weighted by Gasteiger charge is 2.41. The van der Waals surface area contributed by atoms with Gasteiger partial charge < -0.3 is 13.7 Å². The molecule has 4 nitrogen and oxygen atoms in total. The zero-order valence-electron chi connectivity index (χ0n) is 15.3. The number of ether oxygens (including phenoxy) is 1. The molecule has 1 heterocycles. The quantitative estimate of drug-likeness (QED) is 0.452. The van der Waals surface area contributed by atoms with Crippen LogP contribution in [0.15, 0.2) is 6.20 Å². The summed E-state index contributed by atoms with van der Waals surface area (Å²) in [7, 11) is -1.80. The third-order valence-electron chi connectivity index (χ3n) is 4.15. The van der Waals surface area contributed by atoms with Crippen LogP contribution < -0.4 is 0 Å². The fourth-order valence-corrected chi connectivity index (χ4v) is 4.52. The van der Waals surface area contributed by atoms with E-state index in [-0.39, 0.29) is 10.6 Å². The predicted octanol–water partition coefficient (Wildman–Crippen LogP) is 4.82. The molecule has 0 aliphatic carbocycles. The molecular formula is C16H31IN2O2Si. The Morgan fingerprint density at radius 3 is 2.32 bits per heavy atom. The summed E-state index contributed by atoms with van der Waals surface area (Å²) in [6.07, 6.45) is 2.08. The first-order valence-corrected chi connectivity index (χ1v) is 11.9. The highest BCUT2D eigenvalue weighted by atomic mass is 127. The normalized spacial score (nSPS) is 13.7. The van der Waals surface area contributed by atoms with Gasteiger partial charge in [0.25, 0.3) is 0 Å². The second kappa shape index (κ2) is 7.32. The van der Waals surface area contributed by atoms with Gasteiger partial charge in [-0.2, -0.15) is 0 Å². The average Bonchev–Trinajstić information content (AvgIpc) is 2.62. The minimum atomic E-state index is -1.80. The van der Waals surface area contributed by atoms with Crippen molar-refractivity contribution in [3.8, 4) is 0 Å². The van der Waals surface area contributed by atoms with E-state index in [1.807, 2.05) is 6.92 Å². The van der Waals surface area contributed by atoms with Crippen molar-refractivity contribution in [1.29, 1.82) is 0 Å². The Kier molecular flexibility index (Phi) is 6.69. The summed E-state index contributed by atoms with van der Waals surface area (Å²) in [6, 6.07) is 0. The molecule has 22 heavy (non-hydrogen) atoms. The molecule has 0 aromatic carbocycles. The molecule has 1 aromatic heterocycles. The smallest absolute Gasteiger partial charge is 0.192 e. The van der Waals surface area contributed by atoms with Gasteiger partial charge in [-0.1, -0.05) is 20.8 Å². The van der Waals surface area contributed by atoms with Crippen LogP contribution in [0.5, 0.6) is 0 Å². The lowest BCUT2D eigenvalue weighted by Crippen LogP contribution is -2.49. The second-order valence-corrected chi connectivity index (χ2v) is 13.7. The minimum Gasteiger partial charge on any atom is -0.410 e. The maximum atomic E-state index is 6.61. The molecule has 0 unspecified atom stereocenters. The number of hydrogen-bond donors (Lipinski definition) is 0. The Balaban J connectivity index is 2.88. The van der Waals surface area contributed by atoms with Gasteiger partial charge in [-0.15, -0.1) is 0 Å². The Labute approximate surface area is 150 Å². The zero-order valence-corrected chi connectivity index (χ0v) is 18.4. The molecule has 1 aromatic rings. The van der Waals surface area contributed by atoms with E-state index in [1.54, 1.807) is 0 Å². The Morgan fingerprint density at radius 2 is 1.82 bits per heavy atom. The van der Waals surface area contributed by atoms with Crippen LogP contribution in [0.25, 0.3) is 0 Å². The largest absolute Gasteiger partial charge is 0.410 e. The lowest BCUT2D eigenvalue weighted by molar-refractivity contribution is 0.0676. The molecule has 0 saturated heterocycles. The van der Waals surface area contributed by atoms with Gasteiger partial charge in [0.15, 0.2) is 8.32 Å². The first-order chi connectivity index (χ1) is 9.88. The number of rotatable bonds is 7. The van der Waals surface area contributed by atoms with E-state index < -0.39 is 8.32 Å². The van der Waals surface area contributed by atoms with Crippen molar-refractivity contribution >= 4 is 30.9 Å². The first-order valence-electron chi connectivity index (χ1n) is 7.87. The first kappa shape index (κ1) is 20.1. The van der Waals surface area contributed by atoms with Crippen molar-refractivity contribution in [3.05, 3.63) is 15.7 Å². The zero-order chi connectivity index (χ0) is 17.2. The lowest BCUT2D eigenvalue weighted by atomic mass is 10.1. The van der Waals surface area contributed by atoms with Crippen LogP contribution in [0.3, 0.4) is 0 Å². The molecule has 0 atom stereocenters. The van der Waals surface area contributed by atoms with Crippen molar-refractivity contribution in [1.82, 2.24) is 9.55 Å². The van der Waals surface area contributed by atoms with Gasteiger partial charge in [-0.3, -0.25) is 0 Å². The highest BCUT2D eigenvalue weighted by Crippen LogP contribution is 2.39. The topological polar surface area (TPSA) is 36.3 Å². The number of imidazole rings is 1. The van der Waals surface area contributed by atoms with E-state index in [2.05, 4.69) is 86.1 Å². The summed E-state index contributed by atoms with van der Waals surface area (Å²) >= 11 is 2.25. The van der Waals surface area contributed by atoms with E-state index in [1.165, 1.54) is 0 Å². The monoisotopic (exact) mass is 438 g/mol. The molecule has 0 N–H and O–H groups in total. The number of hydrogen-bond acceptors (Lipinski definition) is 3. The van der Waals surface area contributed by atoms with Crippen LogP contribution in [-0.2, 0) is 22.3 Å². The van der Waals surface area contributed by atoms with Gasteiger partial charge in [0.2, 0.25) is 0 Å². The Morgan fingerprint density at radius 1 is 1.23 bits per heavy atom. The van der Waals surface area contributed by atoms with Crippen LogP contribution >= 0.6 is 22.6 Å². The maximum Gasteiger partial charge on any atom is 0.192 e. The van der Waals surface area contributed by atoms with Crippen LogP contribution in [0.2, 0.25) is 18.1 Å². The van der Waals surface area contributed by atoms with Crippen molar-refractivity contribution in [3.63, 3.8) is 0 Å². The van der Waals surface area contributed by atoms with Crippen LogP contribution in [0, 0.1) is 3.70 Å². The third-order valence-corrected chi connectivity index (χ3v) is 9.35. The molecule has 1 rings (SSSR count). The SMILES string of the molecule is CCOCc1nc(I)cn1CC(C)(C)O[Si](C)(C)C(C)(C)C. The van der Waals surface area contributed by atoms with Gasteiger partial charge in [-0.25, -0.2) is 4.98 Å². The van der Waals surface area contributed by atoms with E-state index >= 15 is 0 Å². The summed E-state index contributed by atoms with van der Waals surface area (Å²) in [5.74, 6) is 0.971. The fraction of sp³-hybridized carbons (Fsp3) is 0.812. The van der Waals surface area contributed by atoms with Crippen molar-refractivity contribution in [2.75, 3.05) is 6.61 Å². The number of aromatic nitrogens is 2. The van der Waals surface area contributed by atoms with E-state index in [9.17, 15) is 0 Å². The van der Waals surface area contributed by atoms with Crippen molar-refractivity contribution in [2.45, 2.75) is 78.4 Å². The summed E-state index contributed by atoms with van der Waals surface area (Å²) < 4.78 is 15.3. The molecule has 0 fully saturated rings. The van der Waals surface area contributed by atoms with E-state index in [0.29, 0.717) is 13.2 Å². The third kappa shape index (κ3) is 5.61. The fourth-order valence-electron chi connectivity index (χ4n) is 2.15. The molecule has 0 aliphatic heterocycles. The van der Waals surface area contributed by atoms with Crippen molar-refractivity contribution < 1.29 is 9.16 Å². The highest BCUT2D eigenvalue weighted by molar-refractivity contribution is 14.1. The standard InChI is InChI=1S/C16H31IN2O2Si/c1-9-20-11-14-18-13(17)10-19(14)12-16(5,6)21-22(7,8)15(2,3)4/h10H,9,11-12H2,1-8H3. The molecule has 6 heteroatoms. The van der Waals surface area contributed by atoms with Crippen molar-refractivity contribution in [2.24, 2.45) is 0 Å². The summed E-state index contributed by atoms with van der Waals surface area (Å²) in [4.78, 5) is 4.56. The maximum absolute atomic E-state index is 6.61.